The van der Waals surface area contributed by atoms with Gasteiger partial charge in [0.1, 0.15) is 5.75 Å². The molecule has 6 nitrogen and oxygen atoms in total. The number of carbonyl (C=O) groups is 2. The lowest BCUT2D eigenvalue weighted by Gasteiger charge is -2.16. The fraction of sp³-hybridized carbons (Fsp3) is 0.174. The molecule has 0 unspecified atom stereocenters. The molecule has 0 atom stereocenters. The van der Waals surface area contributed by atoms with Crippen LogP contribution in [0.3, 0.4) is 0 Å². The van der Waals surface area contributed by atoms with Crippen molar-refractivity contribution in [3.63, 3.8) is 0 Å². The first-order valence-electron chi connectivity index (χ1n) is 9.33. The van der Waals surface area contributed by atoms with Gasteiger partial charge in [0.25, 0.3) is 0 Å². The van der Waals surface area contributed by atoms with E-state index in [1.54, 1.807) is 30.3 Å². The number of rotatable bonds is 6. The zero-order valence-corrected chi connectivity index (χ0v) is 15.6. The number of benzene rings is 2. The molecule has 1 aliphatic rings. The van der Waals surface area contributed by atoms with Crippen molar-refractivity contribution in [1.29, 1.82) is 0 Å². The molecular formula is C23H19NO5. The van der Waals surface area contributed by atoms with E-state index in [1.165, 1.54) is 0 Å². The summed E-state index contributed by atoms with van der Waals surface area (Å²) in [6.45, 7) is -0.140. The van der Waals surface area contributed by atoms with Gasteiger partial charge in [-0.15, -0.1) is 0 Å². The minimum absolute atomic E-state index is 0.115. The molecule has 0 saturated carbocycles. The molecule has 1 heterocycles. The molecule has 0 amide bonds. The van der Waals surface area contributed by atoms with Gasteiger partial charge in [0.05, 0.1) is 5.69 Å². The number of carboxylic acids is 1. The summed E-state index contributed by atoms with van der Waals surface area (Å²) < 4.78 is 10.9. The van der Waals surface area contributed by atoms with Crippen LogP contribution in [0, 0.1) is 0 Å². The lowest BCUT2D eigenvalue weighted by atomic mass is 9.89. The third-order valence-electron chi connectivity index (χ3n) is 4.80. The maximum absolute atomic E-state index is 12.2. The Morgan fingerprint density at radius 1 is 1.00 bits per heavy atom. The normalized spacial score (nSPS) is 12.9. The fourth-order valence-corrected chi connectivity index (χ4v) is 3.34. The summed E-state index contributed by atoms with van der Waals surface area (Å²) in [5.74, 6) is -0.348. The second-order valence-corrected chi connectivity index (χ2v) is 6.72. The number of carbonyl (C=O) groups excluding carboxylic acids is 1. The Kier molecular flexibility index (Phi) is 5.24. The summed E-state index contributed by atoms with van der Waals surface area (Å²) in [5, 5.41) is 9.55. The van der Waals surface area contributed by atoms with Crippen molar-refractivity contribution in [3.05, 3.63) is 77.5 Å². The first-order valence-corrected chi connectivity index (χ1v) is 9.33. The Hall–Kier alpha value is -3.67. The third kappa shape index (κ3) is 4.11. The molecule has 6 heteroatoms. The number of aromatic carboxylic acids is 1. The molecular weight excluding hydrogens is 370 g/mol. The minimum Gasteiger partial charge on any atom is -0.476 e. The van der Waals surface area contributed by atoms with Gasteiger partial charge in [-0.2, -0.15) is 0 Å². The molecule has 29 heavy (non-hydrogen) atoms. The van der Waals surface area contributed by atoms with E-state index in [2.05, 4.69) is 4.98 Å². The Labute approximate surface area is 167 Å². The van der Waals surface area contributed by atoms with E-state index in [1.807, 2.05) is 30.3 Å². The summed E-state index contributed by atoms with van der Waals surface area (Å²) in [5.41, 5.74) is 2.70. The second-order valence-electron chi connectivity index (χ2n) is 6.72. The number of para-hydroxylation sites is 1. The molecule has 146 valence electrons. The number of Topliss-reactive ketones (excluding diaryl/α,β-unsaturated/α-hetero) is 1. The SMILES string of the molecule is O=C1CCCc2ccc(-c3ccc(OCOc4ccccc4)c(C(=O)O)n3)cc21. The van der Waals surface area contributed by atoms with Crippen LogP contribution < -0.4 is 9.47 Å². The molecule has 0 bridgehead atoms. The highest BCUT2D eigenvalue weighted by molar-refractivity contribution is 5.99. The standard InChI is InChI=1S/C23H19NO5/c25-20-8-4-5-15-9-10-16(13-18(15)20)19-11-12-21(22(24-19)23(26)27)29-14-28-17-6-2-1-3-7-17/h1-3,6-7,9-13H,4-5,8,14H2,(H,26,27). The van der Waals surface area contributed by atoms with Crippen molar-refractivity contribution in [3.8, 4) is 22.8 Å². The Balaban J connectivity index is 1.57. The van der Waals surface area contributed by atoms with Crippen LogP contribution in [0.1, 0.15) is 39.3 Å². The average Bonchev–Trinajstić information content (AvgIpc) is 2.75. The number of ether oxygens (including phenoxy) is 2. The van der Waals surface area contributed by atoms with E-state index in [-0.39, 0.29) is 24.0 Å². The van der Waals surface area contributed by atoms with Crippen LogP contribution in [0.5, 0.6) is 11.5 Å². The lowest BCUT2D eigenvalue weighted by Crippen LogP contribution is -2.12. The third-order valence-corrected chi connectivity index (χ3v) is 4.80. The molecule has 1 N–H and O–H groups in total. The van der Waals surface area contributed by atoms with Gasteiger partial charge >= 0.3 is 5.97 Å². The van der Waals surface area contributed by atoms with Crippen LogP contribution in [0.4, 0.5) is 0 Å². The molecule has 2 aromatic carbocycles. The number of carboxylic acid groups (broad SMARTS) is 1. The predicted molar refractivity (Wildman–Crippen MR) is 106 cm³/mol. The van der Waals surface area contributed by atoms with Gasteiger partial charge in [0.15, 0.2) is 17.2 Å². The second kappa shape index (κ2) is 8.14. The first kappa shape index (κ1) is 18.7. The van der Waals surface area contributed by atoms with E-state index in [0.29, 0.717) is 29.0 Å². The van der Waals surface area contributed by atoms with Crippen molar-refractivity contribution < 1.29 is 24.2 Å². The molecule has 1 aliphatic carbocycles. The van der Waals surface area contributed by atoms with Crippen molar-refractivity contribution in [2.24, 2.45) is 0 Å². The number of hydrogen-bond donors (Lipinski definition) is 1. The predicted octanol–water partition coefficient (Wildman–Crippen LogP) is 4.38. The average molecular weight is 389 g/mol. The van der Waals surface area contributed by atoms with Gasteiger partial charge in [0, 0.05) is 17.5 Å². The molecule has 0 radical (unpaired) electrons. The molecule has 3 aromatic rings. The largest absolute Gasteiger partial charge is 0.476 e. The molecule has 0 spiro atoms. The van der Waals surface area contributed by atoms with Gasteiger partial charge in [-0.05, 0) is 48.7 Å². The van der Waals surface area contributed by atoms with Gasteiger partial charge < -0.3 is 14.6 Å². The monoisotopic (exact) mass is 389 g/mol. The van der Waals surface area contributed by atoms with Gasteiger partial charge in [-0.3, -0.25) is 4.79 Å². The van der Waals surface area contributed by atoms with E-state index in [9.17, 15) is 14.7 Å². The Morgan fingerprint density at radius 3 is 2.62 bits per heavy atom. The van der Waals surface area contributed by atoms with Crippen LogP contribution in [0.2, 0.25) is 0 Å². The van der Waals surface area contributed by atoms with Crippen LogP contribution in [0.25, 0.3) is 11.3 Å². The topological polar surface area (TPSA) is 85.7 Å². The smallest absolute Gasteiger partial charge is 0.358 e. The zero-order chi connectivity index (χ0) is 20.2. The number of ketones is 1. The van der Waals surface area contributed by atoms with Crippen LogP contribution in [-0.2, 0) is 6.42 Å². The molecule has 0 fully saturated rings. The van der Waals surface area contributed by atoms with Gasteiger partial charge in [0.2, 0.25) is 6.79 Å². The summed E-state index contributed by atoms with van der Waals surface area (Å²) >= 11 is 0. The quantitative estimate of drug-likeness (QED) is 0.630. The van der Waals surface area contributed by atoms with E-state index < -0.39 is 5.97 Å². The molecule has 1 aromatic heterocycles. The Bertz CT molecular complexity index is 1060. The summed E-state index contributed by atoms with van der Waals surface area (Å²) in [4.78, 5) is 28.1. The van der Waals surface area contributed by atoms with E-state index in [0.717, 1.165) is 18.4 Å². The number of fused-ring (bicyclic) bond motifs is 1. The van der Waals surface area contributed by atoms with Crippen molar-refractivity contribution >= 4 is 11.8 Å². The maximum atomic E-state index is 12.2. The van der Waals surface area contributed by atoms with Crippen LogP contribution in [0.15, 0.2) is 60.7 Å². The first-order chi connectivity index (χ1) is 14.1. The zero-order valence-electron chi connectivity index (χ0n) is 15.6. The highest BCUT2D eigenvalue weighted by Gasteiger charge is 2.19. The minimum atomic E-state index is -1.20. The maximum Gasteiger partial charge on any atom is 0.358 e. The number of hydrogen-bond acceptors (Lipinski definition) is 5. The van der Waals surface area contributed by atoms with Crippen molar-refractivity contribution in [1.82, 2.24) is 4.98 Å². The summed E-state index contributed by atoms with van der Waals surface area (Å²) in [6, 6.07) is 17.9. The van der Waals surface area contributed by atoms with Crippen molar-refractivity contribution in [2.75, 3.05) is 6.79 Å². The number of nitrogens with zero attached hydrogens (tertiary/aromatic N) is 1. The van der Waals surface area contributed by atoms with E-state index in [4.69, 9.17) is 9.47 Å². The lowest BCUT2D eigenvalue weighted by molar-refractivity contribution is 0.0674. The number of aromatic nitrogens is 1. The van der Waals surface area contributed by atoms with Gasteiger partial charge in [-0.1, -0.05) is 30.3 Å². The number of pyridine rings is 1. The highest BCUT2D eigenvalue weighted by atomic mass is 16.7. The fourth-order valence-electron chi connectivity index (χ4n) is 3.34. The molecule has 0 aliphatic heterocycles. The molecule has 0 saturated heterocycles. The van der Waals surface area contributed by atoms with Gasteiger partial charge in [-0.25, -0.2) is 9.78 Å². The Morgan fingerprint density at radius 2 is 1.83 bits per heavy atom. The highest BCUT2D eigenvalue weighted by Crippen LogP contribution is 2.28. The van der Waals surface area contributed by atoms with Crippen LogP contribution >= 0.6 is 0 Å². The number of aryl methyl sites for hydroxylation is 1. The summed E-state index contributed by atoms with van der Waals surface area (Å²) in [6.07, 6.45) is 2.28. The van der Waals surface area contributed by atoms with Crippen molar-refractivity contribution in [2.45, 2.75) is 19.3 Å². The van der Waals surface area contributed by atoms with Crippen LogP contribution in [-0.4, -0.2) is 28.6 Å². The summed E-state index contributed by atoms with van der Waals surface area (Å²) in [7, 11) is 0. The molecule has 4 rings (SSSR count). The van der Waals surface area contributed by atoms with E-state index >= 15 is 0 Å².